The Hall–Kier alpha value is -2.37. The lowest BCUT2D eigenvalue weighted by molar-refractivity contribution is -0.138. The van der Waals surface area contributed by atoms with E-state index in [-0.39, 0.29) is 0 Å². The van der Waals surface area contributed by atoms with Crippen LogP contribution in [-0.4, -0.2) is 20.9 Å². The topological polar surface area (TPSA) is 67.2 Å². The van der Waals surface area contributed by atoms with Crippen molar-refractivity contribution in [2.75, 3.05) is 5.32 Å². The van der Waals surface area contributed by atoms with Crippen molar-refractivity contribution >= 4 is 11.7 Å². The Morgan fingerprint density at radius 1 is 1.53 bits per heavy atom. The Labute approximate surface area is 109 Å². The van der Waals surface area contributed by atoms with Crippen LogP contribution in [0.15, 0.2) is 30.5 Å². The Kier molecular flexibility index (Phi) is 3.50. The highest BCUT2D eigenvalue weighted by Gasteiger charge is 2.23. The van der Waals surface area contributed by atoms with Crippen molar-refractivity contribution < 1.29 is 14.3 Å². The molecule has 19 heavy (non-hydrogen) atoms. The van der Waals surface area contributed by atoms with E-state index in [9.17, 15) is 14.3 Å². The number of rotatable bonds is 4. The highest BCUT2D eigenvalue weighted by molar-refractivity contribution is 5.79. The molecular weight excluding hydrogens is 249 g/mol. The average Bonchev–Trinajstić information content (AvgIpc) is 2.65. The molecule has 0 aliphatic carbocycles. The van der Waals surface area contributed by atoms with Crippen LogP contribution in [0.1, 0.15) is 17.3 Å². The van der Waals surface area contributed by atoms with Crippen molar-refractivity contribution in [3.63, 3.8) is 0 Å². The molecule has 2 N–H and O–H groups in total. The van der Waals surface area contributed by atoms with E-state index in [4.69, 9.17) is 0 Å². The van der Waals surface area contributed by atoms with Crippen molar-refractivity contribution in [3.8, 4) is 0 Å². The van der Waals surface area contributed by atoms with Gasteiger partial charge in [-0.25, -0.2) is 9.18 Å². The summed E-state index contributed by atoms with van der Waals surface area (Å²) in [6, 6.07) is 4.73. The number of benzene rings is 1. The van der Waals surface area contributed by atoms with Crippen LogP contribution in [0.4, 0.5) is 10.1 Å². The highest BCUT2D eigenvalue weighted by Crippen LogP contribution is 2.22. The number of aryl methyl sites for hydroxylation is 2. The number of halogens is 1. The van der Waals surface area contributed by atoms with Gasteiger partial charge in [-0.1, -0.05) is 6.07 Å². The predicted molar refractivity (Wildman–Crippen MR) is 68.3 cm³/mol. The molecule has 1 atom stereocenters. The van der Waals surface area contributed by atoms with Gasteiger partial charge in [-0.05, 0) is 25.1 Å². The summed E-state index contributed by atoms with van der Waals surface area (Å²) in [6.07, 6.45) is 1.64. The Bertz CT molecular complexity index is 610. The van der Waals surface area contributed by atoms with Crippen molar-refractivity contribution in [1.29, 1.82) is 0 Å². The maximum atomic E-state index is 13.1. The number of nitrogens with one attached hydrogen (secondary N) is 1. The normalized spacial score (nSPS) is 12.2. The minimum Gasteiger partial charge on any atom is -0.479 e. The van der Waals surface area contributed by atoms with Crippen LogP contribution in [-0.2, 0) is 11.8 Å². The van der Waals surface area contributed by atoms with Gasteiger partial charge < -0.3 is 10.4 Å². The fraction of sp³-hybridized carbons (Fsp3) is 0.231. The third-order valence-corrected chi connectivity index (χ3v) is 2.75. The molecule has 1 heterocycles. The van der Waals surface area contributed by atoms with Crippen LogP contribution in [0.25, 0.3) is 0 Å². The van der Waals surface area contributed by atoms with E-state index < -0.39 is 17.8 Å². The number of anilines is 1. The zero-order valence-corrected chi connectivity index (χ0v) is 10.6. The van der Waals surface area contributed by atoms with Gasteiger partial charge in [0, 0.05) is 24.5 Å². The molecule has 0 spiro atoms. The van der Waals surface area contributed by atoms with Crippen LogP contribution < -0.4 is 5.32 Å². The summed E-state index contributed by atoms with van der Waals surface area (Å²) < 4.78 is 14.7. The molecule has 0 bridgehead atoms. The van der Waals surface area contributed by atoms with E-state index in [0.29, 0.717) is 16.9 Å². The molecule has 1 aromatic carbocycles. The number of hydrogen-bond acceptors (Lipinski definition) is 3. The van der Waals surface area contributed by atoms with E-state index >= 15 is 0 Å². The first kappa shape index (κ1) is 13.1. The van der Waals surface area contributed by atoms with Gasteiger partial charge in [0.25, 0.3) is 0 Å². The van der Waals surface area contributed by atoms with Crippen LogP contribution in [0, 0.1) is 12.7 Å². The van der Waals surface area contributed by atoms with Crippen molar-refractivity contribution in [2.24, 2.45) is 7.05 Å². The molecule has 0 saturated heterocycles. The van der Waals surface area contributed by atoms with Crippen LogP contribution in [0.2, 0.25) is 0 Å². The van der Waals surface area contributed by atoms with Crippen molar-refractivity contribution in [1.82, 2.24) is 9.78 Å². The summed E-state index contributed by atoms with van der Waals surface area (Å²) in [4.78, 5) is 11.4. The SMILES string of the molecule is Cc1nn(C)cc1C(Nc1cccc(F)c1)C(=O)O. The Balaban J connectivity index is 2.32. The molecule has 0 aliphatic rings. The maximum absolute atomic E-state index is 13.1. The van der Waals surface area contributed by atoms with Gasteiger partial charge in [-0.2, -0.15) is 5.10 Å². The molecule has 1 aromatic heterocycles. The summed E-state index contributed by atoms with van der Waals surface area (Å²) >= 11 is 0. The Morgan fingerprint density at radius 2 is 2.26 bits per heavy atom. The molecule has 100 valence electrons. The molecule has 5 nitrogen and oxygen atoms in total. The van der Waals surface area contributed by atoms with Gasteiger partial charge in [0.1, 0.15) is 5.82 Å². The smallest absolute Gasteiger partial charge is 0.330 e. The molecular formula is C13H14FN3O2. The zero-order chi connectivity index (χ0) is 14.0. The minimum absolute atomic E-state index is 0.413. The summed E-state index contributed by atoms with van der Waals surface area (Å²) in [5.41, 5.74) is 1.59. The minimum atomic E-state index is -1.04. The third-order valence-electron chi connectivity index (χ3n) is 2.75. The molecule has 2 rings (SSSR count). The average molecular weight is 263 g/mol. The van der Waals surface area contributed by atoms with Gasteiger partial charge in [0.15, 0.2) is 6.04 Å². The number of hydrogen-bond donors (Lipinski definition) is 2. The van der Waals surface area contributed by atoms with E-state index in [1.807, 2.05) is 0 Å². The summed E-state index contributed by atoms with van der Waals surface area (Å²) in [5, 5.41) is 16.2. The summed E-state index contributed by atoms with van der Waals surface area (Å²) in [5.74, 6) is -1.46. The highest BCUT2D eigenvalue weighted by atomic mass is 19.1. The van der Waals surface area contributed by atoms with Crippen LogP contribution >= 0.6 is 0 Å². The maximum Gasteiger partial charge on any atom is 0.330 e. The lowest BCUT2D eigenvalue weighted by Crippen LogP contribution is -2.20. The van der Waals surface area contributed by atoms with Gasteiger partial charge in [-0.15, -0.1) is 0 Å². The largest absolute Gasteiger partial charge is 0.479 e. The quantitative estimate of drug-likeness (QED) is 0.886. The van der Waals surface area contributed by atoms with E-state index in [1.165, 1.54) is 18.2 Å². The number of aliphatic carboxylic acids is 1. The number of carboxylic acid groups (broad SMARTS) is 1. The molecule has 6 heteroatoms. The van der Waals surface area contributed by atoms with E-state index in [1.54, 1.807) is 30.9 Å². The number of aromatic nitrogens is 2. The number of carboxylic acids is 1. The predicted octanol–water partition coefficient (Wildman–Crippen LogP) is 2.11. The number of carbonyl (C=O) groups is 1. The van der Waals surface area contributed by atoms with E-state index in [2.05, 4.69) is 10.4 Å². The van der Waals surface area contributed by atoms with Crippen molar-refractivity contribution in [3.05, 3.63) is 47.5 Å². The van der Waals surface area contributed by atoms with Crippen LogP contribution in [0.5, 0.6) is 0 Å². The first-order chi connectivity index (χ1) is 8.97. The molecule has 2 aromatic rings. The zero-order valence-electron chi connectivity index (χ0n) is 10.6. The second-order valence-corrected chi connectivity index (χ2v) is 4.27. The lowest BCUT2D eigenvalue weighted by atomic mass is 10.1. The van der Waals surface area contributed by atoms with Gasteiger partial charge in [0.2, 0.25) is 0 Å². The fourth-order valence-electron chi connectivity index (χ4n) is 1.92. The molecule has 0 aliphatic heterocycles. The molecule has 0 saturated carbocycles. The number of nitrogens with zero attached hydrogens (tertiary/aromatic N) is 2. The van der Waals surface area contributed by atoms with Gasteiger partial charge >= 0.3 is 5.97 Å². The van der Waals surface area contributed by atoms with Gasteiger partial charge in [-0.3, -0.25) is 4.68 Å². The standard InChI is InChI=1S/C13H14FN3O2/c1-8-11(7-17(2)16-8)12(13(18)19)15-10-5-3-4-9(14)6-10/h3-7,12,15H,1-2H3,(H,18,19). The second-order valence-electron chi connectivity index (χ2n) is 4.27. The van der Waals surface area contributed by atoms with Crippen LogP contribution in [0.3, 0.4) is 0 Å². The van der Waals surface area contributed by atoms with E-state index in [0.717, 1.165) is 0 Å². The first-order valence-corrected chi connectivity index (χ1v) is 5.72. The monoisotopic (exact) mass is 263 g/mol. The molecule has 0 radical (unpaired) electrons. The summed E-state index contributed by atoms with van der Waals surface area (Å²) in [6.45, 7) is 1.73. The first-order valence-electron chi connectivity index (χ1n) is 5.72. The fourth-order valence-corrected chi connectivity index (χ4v) is 1.92. The molecule has 0 fully saturated rings. The lowest BCUT2D eigenvalue weighted by Gasteiger charge is -2.15. The molecule has 1 unspecified atom stereocenters. The van der Waals surface area contributed by atoms with Gasteiger partial charge in [0.05, 0.1) is 5.69 Å². The second kappa shape index (κ2) is 5.09. The van der Waals surface area contributed by atoms with Crippen molar-refractivity contribution in [2.45, 2.75) is 13.0 Å². The Morgan fingerprint density at radius 3 is 2.79 bits per heavy atom. The summed E-state index contributed by atoms with van der Waals surface area (Å²) in [7, 11) is 1.72. The molecule has 0 amide bonds. The third kappa shape index (κ3) is 2.90.